The first-order valence-corrected chi connectivity index (χ1v) is 7.77. The molecule has 0 fully saturated rings. The number of sulfonamides is 1. The molecule has 0 saturated carbocycles. The van der Waals surface area contributed by atoms with E-state index in [1.54, 1.807) is 0 Å². The van der Waals surface area contributed by atoms with Gasteiger partial charge in [0.15, 0.2) is 0 Å². The van der Waals surface area contributed by atoms with Gasteiger partial charge >= 0.3 is 0 Å². The summed E-state index contributed by atoms with van der Waals surface area (Å²) in [5.74, 6) is -0.564. The van der Waals surface area contributed by atoms with Crippen LogP contribution in [-0.2, 0) is 10.0 Å². The van der Waals surface area contributed by atoms with Crippen molar-refractivity contribution < 1.29 is 12.8 Å². The number of nitrogens with one attached hydrogen (secondary N) is 1. The zero-order chi connectivity index (χ0) is 14.0. The Morgan fingerprint density at radius 2 is 2.16 bits per heavy atom. The number of benzene rings is 1. The van der Waals surface area contributed by atoms with Crippen LogP contribution < -0.4 is 10.5 Å². The number of nitrogens with zero attached hydrogens (tertiary/aromatic N) is 2. The van der Waals surface area contributed by atoms with Crippen molar-refractivity contribution in [1.29, 1.82) is 0 Å². The van der Waals surface area contributed by atoms with Crippen LogP contribution in [0.3, 0.4) is 0 Å². The first-order chi connectivity index (χ1) is 8.91. The van der Waals surface area contributed by atoms with Crippen LogP contribution in [0.15, 0.2) is 18.2 Å². The minimum atomic E-state index is -3.38. The lowest BCUT2D eigenvalue weighted by molar-refractivity contribution is 0.602. The maximum atomic E-state index is 13.0. The van der Waals surface area contributed by atoms with Gasteiger partial charge in [0, 0.05) is 5.56 Å². The molecule has 2 aromatic rings. The molecule has 0 saturated heterocycles. The van der Waals surface area contributed by atoms with E-state index in [9.17, 15) is 12.8 Å². The highest BCUT2D eigenvalue weighted by Crippen LogP contribution is 2.28. The predicted octanol–water partition coefficient (Wildman–Crippen LogP) is 1.69. The summed E-state index contributed by atoms with van der Waals surface area (Å²) in [5, 5.41) is 8.19. The van der Waals surface area contributed by atoms with Gasteiger partial charge in [-0.15, -0.1) is 10.2 Å². The Kier molecular flexibility index (Phi) is 3.67. The number of rotatable bonds is 4. The van der Waals surface area contributed by atoms with Crippen molar-refractivity contribution in [3.8, 4) is 10.6 Å². The van der Waals surface area contributed by atoms with Gasteiger partial charge in [-0.3, -0.25) is 4.72 Å². The molecule has 9 heteroatoms. The molecule has 1 aromatic heterocycles. The van der Waals surface area contributed by atoms with Gasteiger partial charge in [0.1, 0.15) is 10.8 Å². The second-order valence-corrected chi connectivity index (χ2v) is 6.64. The number of nitrogen functional groups attached to an aromatic ring is 1. The minimum Gasteiger partial charge on any atom is -0.396 e. The first kappa shape index (κ1) is 13.7. The third kappa shape index (κ3) is 3.18. The summed E-state index contributed by atoms with van der Waals surface area (Å²) in [7, 11) is -3.38. The zero-order valence-electron chi connectivity index (χ0n) is 9.92. The van der Waals surface area contributed by atoms with Gasteiger partial charge in [0.25, 0.3) is 0 Å². The minimum absolute atomic E-state index is 0.00314. The maximum absolute atomic E-state index is 13.0. The molecule has 3 N–H and O–H groups in total. The Morgan fingerprint density at radius 3 is 2.79 bits per heavy atom. The average Bonchev–Trinajstić information content (AvgIpc) is 2.80. The fourth-order valence-corrected chi connectivity index (χ4v) is 2.85. The number of anilines is 2. The van der Waals surface area contributed by atoms with Crippen LogP contribution in [0.25, 0.3) is 10.6 Å². The van der Waals surface area contributed by atoms with Crippen molar-refractivity contribution in [2.45, 2.75) is 6.92 Å². The Labute approximate surface area is 113 Å². The number of hydrogen-bond acceptors (Lipinski definition) is 6. The molecule has 6 nitrogen and oxygen atoms in total. The van der Waals surface area contributed by atoms with Crippen LogP contribution >= 0.6 is 11.3 Å². The quantitative estimate of drug-likeness (QED) is 0.837. The number of halogens is 1. The Morgan fingerprint density at radius 1 is 1.42 bits per heavy atom. The molecule has 0 amide bonds. The van der Waals surface area contributed by atoms with Crippen molar-refractivity contribution in [3.05, 3.63) is 24.0 Å². The smallest absolute Gasteiger partial charge is 0.234 e. The van der Waals surface area contributed by atoms with Crippen molar-refractivity contribution >= 4 is 32.2 Å². The van der Waals surface area contributed by atoms with Crippen LogP contribution in [0, 0.1) is 5.82 Å². The molecule has 0 aliphatic heterocycles. The van der Waals surface area contributed by atoms with Crippen LogP contribution in [-0.4, -0.2) is 24.4 Å². The van der Waals surface area contributed by atoms with Crippen molar-refractivity contribution in [1.82, 2.24) is 10.2 Å². The lowest BCUT2D eigenvalue weighted by atomic mass is 10.2. The summed E-state index contributed by atoms with van der Waals surface area (Å²) in [5.41, 5.74) is 6.04. The third-order valence-corrected chi connectivity index (χ3v) is 4.57. The summed E-state index contributed by atoms with van der Waals surface area (Å²) in [6, 6.07) is 4.15. The second-order valence-electron chi connectivity index (χ2n) is 3.65. The average molecular weight is 302 g/mol. The van der Waals surface area contributed by atoms with Crippen LogP contribution in [0.2, 0.25) is 0 Å². The molecular formula is C10H11FN4O2S2. The van der Waals surface area contributed by atoms with Crippen molar-refractivity contribution in [2.75, 3.05) is 16.2 Å². The second kappa shape index (κ2) is 5.10. The first-order valence-electron chi connectivity index (χ1n) is 5.30. The van der Waals surface area contributed by atoms with E-state index in [2.05, 4.69) is 14.9 Å². The summed E-state index contributed by atoms with van der Waals surface area (Å²) >= 11 is 1.05. The fourth-order valence-electron chi connectivity index (χ4n) is 1.26. The van der Waals surface area contributed by atoms with E-state index >= 15 is 0 Å². The summed E-state index contributed by atoms with van der Waals surface area (Å²) in [4.78, 5) is 0. The Balaban J connectivity index is 2.28. The molecule has 1 aromatic carbocycles. The highest BCUT2D eigenvalue weighted by molar-refractivity contribution is 7.92. The zero-order valence-corrected chi connectivity index (χ0v) is 11.6. The lowest BCUT2D eigenvalue weighted by Gasteiger charge is -2.00. The molecule has 102 valence electrons. The number of aromatic nitrogens is 2. The SMILES string of the molecule is CCS(=O)(=O)Nc1nnc(-c2ccc(F)c(N)c2)s1. The molecular weight excluding hydrogens is 291 g/mol. The van der Waals surface area contributed by atoms with E-state index in [1.807, 2.05) is 0 Å². The number of nitrogens with two attached hydrogens (primary N) is 1. The maximum Gasteiger partial charge on any atom is 0.234 e. The molecule has 0 unspecified atom stereocenters. The summed E-state index contributed by atoms with van der Waals surface area (Å²) < 4.78 is 38.1. The van der Waals surface area contributed by atoms with E-state index in [0.29, 0.717) is 10.6 Å². The van der Waals surface area contributed by atoms with E-state index in [1.165, 1.54) is 25.1 Å². The molecule has 0 aliphatic carbocycles. The van der Waals surface area contributed by atoms with Gasteiger partial charge in [-0.25, -0.2) is 12.8 Å². The van der Waals surface area contributed by atoms with Crippen LogP contribution in [0.4, 0.5) is 15.2 Å². The topological polar surface area (TPSA) is 98.0 Å². The predicted molar refractivity (Wildman–Crippen MR) is 72.8 cm³/mol. The molecule has 2 rings (SSSR count). The van der Waals surface area contributed by atoms with Crippen LogP contribution in [0.1, 0.15) is 6.92 Å². The number of hydrogen-bond donors (Lipinski definition) is 2. The van der Waals surface area contributed by atoms with Gasteiger partial charge in [-0.2, -0.15) is 0 Å². The van der Waals surface area contributed by atoms with Crippen molar-refractivity contribution in [2.24, 2.45) is 0 Å². The highest BCUT2D eigenvalue weighted by atomic mass is 32.2. The van der Waals surface area contributed by atoms with Crippen molar-refractivity contribution in [3.63, 3.8) is 0 Å². The molecule has 1 heterocycles. The largest absolute Gasteiger partial charge is 0.396 e. The highest BCUT2D eigenvalue weighted by Gasteiger charge is 2.13. The molecule has 0 bridgehead atoms. The monoisotopic (exact) mass is 302 g/mol. The summed E-state index contributed by atoms with van der Waals surface area (Å²) in [6.07, 6.45) is 0. The summed E-state index contributed by atoms with van der Waals surface area (Å²) in [6.45, 7) is 1.52. The van der Waals surface area contributed by atoms with E-state index < -0.39 is 15.8 Å². The van der Waals surface area contributed by atoms with Gasteiger partial charge in [0.05, 0.1) is 11.4 Å². The van der Waals surface area contributed by atoms with Gasteiger partial charge in [-0.1, -0.05) is 11.3 Å². The lowest BCUT2D eigenvalue weighted by Crippen LogP contribution is -2.14. The Bertz CT molecular complexity index is 699. The van der Waals surface area contributed by atoms with Gasteiger partial charge in [0.2, 0.25) is 15.2 Å². The third-order valence-electron chi connectivity index (χ3n) is 2.29. The molecule has 0 spiro atoms. The fraction of sp³-hybridized carbons (Fsp3) is 0.200. The Hall–Kier alpha value is -1.74. The van der Waals surface area contributed by atoms with Gasteiger partial charge < -0.3 is 5.73 Å². The van der Waals surface area contributed by atoms with Crippen LogP contribution in [0.5, 0.6) is 0 Å². The normalized spacial score (nSPS) is 11.5. The molecule has 0 aliphatic rings. The molecule has 19 heavy (non-hydrogen) atoms. The van der Waals surface area contributed by atoms with E-state index in [4.69, 9.17) is 5.73 Å². The standard InChI is InChI=1S/C10H11FN4O2S2/c1-2-19(16,17)15-10-14-13-9(18-10)6-3-4-7(11)8(12)5-6/h3-5H,2,12H2,1H3,(H,14,15). The molecule has 0 atom stereocenters. The van der Waals surface area contributed by atoms with Gasteiger partial charge in [-0.05, 0) is 25.1 Å². The van der Waals surface area contributed by atoms with E-state index in [0.717, 1.165) is 11.3 Å². The van der Waals surface area contributed by atoms with E-state index in [-0.39, 0.29) is 16.6 Å². The molecule has 0 radical (unpaired) electrons.